The maximum Gasteiger partial charge on any atom is 0.188 e. The van der Waals surface area contributed by atoms with E-state index in [1.165, 1.54) is 0 Å². The fourth-order valence-electron chi connectivity index (χ4n) is 2.52. The van der Waals surface area contributed by atoms with Crippen molar-refractivity contribution < 1.29 is 0 Å². The van der Waals surface area contributed by atoms with Crippen LogP contribution in [0.5, 0.6) is 0 Å². The SMILES string of the molecule is Cc1cnc(Nc2cc(C3CNC3)nc(-c3ccccc3Cl)n2)s1. The number of nitrogens with zero attached hydrogens (tertiary/aromatic N) is 3. The lowest BCUT2D eigenvalue weighted by atomic mass is 9.99. The van der Waals surface area contributed by atoms with E-state index >= 15 is 0 Å². The first-order chi connectivity index (χ1) is 11.7. The predicted molar refractivity (Wildman–Crippen MR) is 98.2 cm³/mol. The van der Waals surface area contributed by atoms with Gasteiger partial charge in [-0.15, -0.1) is 11.3 Å². The number of hydrogen-bond donors (Lipinski definition) is 2. The van der Waals surface area contributed by atoms with Crippen molar-refractivity contribution in [2.75, 3.05) is 18.4 Å². The summed E-state index contributed by atoms with van der Waals surface area (Å²) in [5.74, 6) is 1.80. The number of aryl methyl sites for hydroxylation is 1. The van der Waals surface area contributed by atoms with Gasteiger partial charge < -0.3 is 10.6 Å². The standard InChI is InChI=1S/C17H16ClN5S/c1-10-7-20-17(24-10)23-15-6-14(11-8-19-9-11)21-16(22-15)12-4-2-3-5-13(12)18/h2-7,11,19H,8-9H2,1H3,(H,20,21,22,23). The van der Waals surface area contributed by atoms with E-state index in [4.69, 9.17) is 16.6 Å². The van der Waals surface area contributed by atoms with Crippen LogP contribution in [0, 0.1) is 6.92 Å². The average Bonchev–Trinajstić information content (AvgIpc) is 2.91. The van der Waals surface area contributed by atoms with Gasteiger partial charge in [-0.1, -0.05) is 23.7 Å². The molecule has 1 aliphatic rings. The normalized spacial score (nSPS) is 14.4. The van der Waals surface area contributed by atoms with Crippen LogP contribution < -0.4 is 10.6 Å². The Hall–Kier alpha value is -2.02. The van der Waals surface area contributed by atoms with E-state index in [-0.39, 0.29) is 0 Å². The zero-order valence-electron chi connectivity index (χ0n) is 13.1. The highest BCUT2D eigenvalue weighted by molar-refractivity contribution is 7.15. The summed E-state index contributed by atoms with van der Waals surface area (Å²) in [6.45, 7) is 3.91. The van der Waals surface area contributed by atoms with Crippen molar-refractivity contribution in [2.24, 2.45) is 0 Å². The van der Waals surface area contributed by atoms with Crippen molar-refractivity contribution in [1.82, 2.24) is 20.3 Å². The quantitative estimate of drug-likeness (QED) is 0.739. The predicted octanol–water partition coefficient (Wildman–Crippen LogP) is 3.99. The Morgan fingerprint density at radius 3 is 2.75 bits per heavy atom. The first-order valence-electron chi connectivity index (χ1n) is 7.73. The largest absolute Gasteiger partial charge is 0.316 e. The Balaban J connectivity index is 1.75. The van der Waals surface area contributed by atoms with Crippen LogP contribution in [0.2, 0.25) is 5.02 Å². The number of aromatic nitrogens is 3. The fourth-order valence-corrected chi connectivity index (χ4v) is 3.41. The van der Waals surface area contributed by atoms with Gasteiger partial charge in [0, 0.05) is 41.7 Å². The summed E-state index contributed by atoms with van der Waals surface area (Å²) >= 11 is 7.93. The van der Waals surface area contributed by atoms with Gasteiger partial charge in [-0.05, 0) is 19.1 Å². The van der Waals surface area contributed by atoms with Gasteiger partial charge in [0.05, 0.1) is 10.7 Å². The maximum atomic E-state index is 6.33. The lowest BCUT2D eigenvalue weighted by Gasteiger charge is -2.27. The Morgan fingerprint density at radius 2 is 2.08 bits per heavy atom. The third kappa shape index (κ3) is 3.13. The van der Waals surface area contributed by atoms with Crippen LogP contribution in [0.4, 0.5) is 10.9 Å². The molecule has 24 heavy (non-hydrogen) atoms. The molecule has 1 fully saturated rings. The summed E-state index contributed by atoms with van der Waals surface area (Å²) < 4.78 is 0. The van der Waals surface area contributed by atoms with Gasteiger partial charge in [-0.2, -0.15) is 0 Å². The maximum absolute atomic E-state index is 6.33. The van der Waals surface area contributed by atoms with Crippen molar-refractivity contribution in [2.45, 2.75) is 12.8 Å². The highest BCUT2D eigenvalue weighted by Gasteiger charge is 2.22. The third-order valence-electron chi connectivity index (χ3n) is 3.92. The van der Waals surface area contributed by atoms with Gasteiger partial charge in [-0.3, -0.25) is 0 Å². The molecule has 7 heteroatoms. The number of rotatable bonds is 4. The molecule has 0 atom stereocenters. The number of anilines is 2. The lowest BCUT2D eigenvalue weighted by Crippen LogP contribution is -2.40. The van der Waals surface area contributed by atoms with E-state index in [9.17, 15) is 0 Å². The molecule has 3 heterocycles. The number of halogens is 1. The molecule has 2 aromatic heterocycles. The molecule has 0 spiro atoms. The van der Waals surface area contributed by atoms with Crippen LogP contribution in [0.1, 0.15) is 16.5 Å². The molecule has 3 aromatic rings. The van der Waals surface area contributed by atoms with Crippen LogP contribution in [0.3, 0.4) is 0 Å². The summed E-state index contributed by atoms with van der Waals surface area (Å²) in [5.41, 5.74) is 1.86. The first kappa shape index (κ1) is 15.5. The minimum absolute atomic E-state index is 0.410. The summed E-state index contributed by atoms with van der Waals surface area (Å²) in [6.07, 6.45) is 1.85. The molecule has 5 nitrogen and oxygen atoms in total. The second-order valence-corrected chi connectivity index (χ2v) is 7.38. The van der Waals surface area contributed by atoms with E-state index in [1.807, 2.05) is 43.5 Å². The molecule has 0 saturated carbocycles. The van der Waals surface area contributed by atoms with Gasteiger partial charge >= 0.3 is 0 Å². The van der Waals surface area contributed by atoms with Crippen LogP contribution in [0.25, 0.3) is 11.4 Å². The molecule has 1 aliphatic heterocycles. The van der Waals surface area contributed by atoms with E-state index < -0.39 is 0 Å². The van der Waals surface area contributed by atoms with Gasteiger partial charge in [0.15, 0.2) is 11.0 Å². The highest BCUT2D eigenvalue weighted by Crippen LogP contribution is 2.30. The monoisotopic (exact) mass is 357 g/mol. The van der Waals surface area contributed by atoms with Crippen molar-refractivity contribution >= 4 is 33.9 Å². The topological polar surface area (TPSA) is 62.7 Å². The van der Waals surface area contributed by atoms with Crippen LogP contribution >= 0.6 is 22.9 Å². The summed E-state index contributed by atoms with van der Waals surface area (Å²) in [5, 5.41) is 8.05. The molecule has 1 aromatic carbocycles. The van der Waals surface area contributed by atoms with E-state index in [0.717, 1.165) is 40.2 Å². The smallest absolute Gasteiger partial charge is 0.188 e. The van der Waals surface area contributed by atoms with E-state index in [0.29, 0.717) is 16.8 Å². The minimum atomic E-state index is 0.410. The average molecular weight is 358 g/mol. The number of thiazole rings is 1. The Morgan fingerprint density at radius 1 is 1.25 bits per heavy atom. The molecule has 1 saturated heterocycles. The number of benzene rings is 1. The van der Waals surface area contributed by atoms with Gasteiger partial charge in [0.25, 0.3) is 0 Å². The van der Waals surface area contributed by atoms with Crippen molar-refractivity contribution in [3.05, 3.63) is 52.1 Å². The fraction of sp³-hybridized carbons (Fsp3) is 0.235. The summed E-state index contributed by atoms with van der Waals surface area (Å²) in [7, 11) is 0. The van der Waals surface area contributed by atoms with E-state index in [1.54, 1.807) is 11.3 Å². The second-order valence-electron chi connectivity index (χ2n) is 5.74. The minimum Gasteiger partial charge on any atom is -0.316 e. The lowest BCUT2D eigenvalue weighted by molar-refractivity contribution is 0.440. The summed E-state index contributed by atoms with van der Waals surface area (Å²) in [4.78, 5) is 14.9. The molecule has 0 amide bonds. The zero-order valence-corrected chi connectivity index (χ0v) is 14.7. The molecule has 0 bridgehead atoms. The molecule has 2 N–H and O–H groups in total. The van der Waals surface area contributed by atoms with Crippen LogP contribution in [-0.2, 0) is 0 Å². The molecule has 122 valence electrons. The Kier molecular flexibility index (Phi) is 4.18. The first-order valence-corrected chi connectivity index (χ1v) is 8.92. The number of nitrogens with one attached hydrogen (secondary N) is 2. The molecule has 0 unspecified atom stereocenters. The molecular formula is C17H16ClN5S. The summed E-state index contributed by atoms with van der Waals surface area (Å²) in [6, 6.07) is 9.65. The van der Waals surface area contributed by atoms with Gasteiger partial charge in [0.1, 0.15) is 5.82 Å². The molecule has 0 aliphatic carbocycles. The van der Waals surface area contributed by atoms with Gasteiger partial charge in [-0.25, -0.2) is 15.0 Å². The molecular weight excluding hydrogens is 342 g/mol. The Labute approximate surface area is 149 Å². The third-order valence-corrected chi connectivity index (χ3v) is 5.07. The van der Waals surface area contributed by atoms with Crippen LogP contribution in [0.15, 0.2) is 36.5 Å². The Bertz CT molecular complexity index is 875. The van der Waals surface area contributed by atoms with Crippen molar-refractivity contribution in [3.63, 3.8) is 0 Å². The second kappa shape index (κ2) is 6.47. The zero-order chi connectivity index (χ0) is 16.5. The van der Waals surface area contributed by atoms with Gasteiger partial charge in [0.2, 0.25) is 0 Å². The van der Waals surface area contributed by atoms with Crippen LogP contribution in [-0.4, -0.2) is 28.0 Å². The highest BCUT2D eigenvalue weighted by atomic mass is 35.5. The van der Waals surface area contributed by atoms with Crippen molar-refractivity contribution in [3.8, 4) is 11.4 Å². The van der Waals surface area contributed by atoms with Crippen molar-refractivity contribution in [1.29, 1.82) is 0 Å². The molecule has 4 rings (SSSR count). The number of hydrogen-bond acceptors (Lipinski definition) is 6. The van der Waals surface area contributed by atoms with E-state index in [2.05, 4.69) is 20.6 Å². The molecule has 0 radical (unpaired) electrons.